The highest BCUT2D eigenvalue weighted by molar-refractivity contribution is 6.43. The number of fused-ring (bicyclic) bond motifs is 4. The van der Waals surface area contributed by atoms with Gasteiger partial charge in [0.1, 0.15) is 17.9 Å². The van der Waals surface area contributed by atoms with Crippen molar-refractivity contribution in [1.29, 1.82) is 5.26 Å². The number of likely N-dealkylation sites (tertiary alicyclic amines) is 1. The molecule has 1 amide bonds. The summed E-state index contributed by atoms with van der Waals surface area (Å²) in [6.07, 6.45) is 4.98. The Labute approximate surface area is 309 Å². The van der Waals surface area contributed by atoms with Gasteiger partial charge in [-0.1, -0.05) is 35.3 Å². The quantitative estimate of drug-likeness (QED) is 0.165. The molecule has 5 fully saturated rings. The van der Waals surface area contributed by atoms with Crippen LogP contribution >= 0.6 is 23.2 Å². The molecular formula is C39H36Cl2FN7O3. The number of carbonyl (C=O) groups is 1. The van der Waals surface area contributed by atoms with E-state index in [-0.39, 0.29) is 53.0 Å². The SMILES string of the molecule is COc1cc(O[C@H]2C[C@H](c3cc4c(C)nc5c(F)c(-c6cccc(Cl)c6Cl)c(CCC#N)cc5c4n3[C@H]3[C@H]4CN[C@@H]3C4)N(C(=O)C3CC3)C2)ncn1. The summed E-state index contributed by atoms with van der Waals surface area (Å²) in [5, 5.41) is 15.4. The lowest BCUT2D eigenvalue weighted by Crippen LogP contribution is -2.41. The molecule has 5 atom stereocenters. The number of nitrogens with one attached hydrogen (secondary N) is 1. The van der Waals surface area contributed by atoms with Crippen LogP contribution in [-0.2, 0) is 11.2 Å². The van der Waals surface area contributed by atoms with Gasteiger partial charge >= 0.3 is 0 Å². The molecule has 2 aliphatic carbocycles. The number of hydrogen-bond donors (Lipinski definition) is 1. The number of methoxy groups -OCH3 is 1. The molecule has 10 rings (SSSR count). The Balaban J connectivity index is 1.25. The Morgan fingerprint density at radius 2 is 1.96 bits per heavy atom. The van der Waals surface area contributed by atoms with E-state index in [1.165, 1.54) is 6.33 Å². The van der Waals surface area contributed by atoms with Gasteiger partial charge in [0.05, 0.1) is 53.4 Å². The fourth-order valence-electron chi connectivity index (χ4n) is 8.74. The van der Waals surface area contributed by atoms with E-state index in [2.05, 4.69) is 32.0 Å². The Hall–Kier alpha value is -4.50. The average Bonchev–Trinajstić information content (AvgIpc) is 3.43. The first-order valence-corrected chi connectivity index (χ1v) is 18.6. The third-order valence-electron chi connectivity index (χ3n) is 11.4. The number of amides is 1. The number of carbonyl (C=O) groups excluding carboxylic acids is 1. The zero-order valence-electron chi connectivity index (χ0n) is 28.7. The standard InChI is InChI=1S/C39H36Cl2FN7O3/c1-19-25-14-30(29-13-23(17-48(29)39(50)20-8-9-20)52-32-15-31(51-2)45-18-46-32)49(37-22-12-28(37)44-16-22)38(25)26-11-21(5-4-10-43)33(35(42)36(26)47-19)24-6-3-7-27(40)34(24)41/h3,6-7,11,14-15,18,20,22-23,28-29,37,44H,4-5,8-9,12-13,16-17H2,1-2H3/t22-,23+,28-,29-,37+/m1/s1. The van der Waals surface area contributed by atoms with Crippen molar-refractivity contribution >= 4 is 50.9 Å². The monoisotopic (exact) mass is 739 g/mol. The first-order valence-electron chi connectivity index (χ1n) is 17.8. The Morgan fingerprint density at radius 3 is 2.69 bits per heavy atom. The van der Waals surface area contributed by atoms with Gasteiger partial charge in [0.25, 0.3) is 0 Å². The molecular weight excluding hydrogens is 704 g/mol. The van der Waals surface area contributed by atoms with E-state index in [1.807, 2.05) is 17.9 Å². The van der Waals surface area contributed by atoms with Crippen LogP contribution in [0.15, 0.2) is 42.7 Å². The van der Waals surface area contributed by atoms with Crippen LogP contribution in [0.25, 0.3) is 32.9 Å². The summed E-state index contributed by atoms with van der Waals surface area (Å²) in [7, 11) is 1.54. The maximum absolute atomic E-state index is 17.2. The van der Waals surface area contributed by atoms with Crippen LogP contribution < -0.4 is 14.8 Å². The molecule has 5 aliphatic rings. The van der Waals surface area contributed by atoms with Crippen LogP contribution in [0.4, 0.5) is 4.39 Å². The van der Waals surface area contributed by atoms with Gasteiger partial charge < -0.3 is 24.3 Å². The number of pyridine rings is 1. The van der Waals surface area contributed by atoms with Crippen LogP contribution in [0.3, 0.4) is 0 Å². The highest BCUT2D eigenvalue weighted by atomic mass is 35.5. The third-order valence-corrected chi connectivity index (χ3v) is 12.2. The lowest BCUT2D eigenvalue weighted by molar-refractivity contribution is -0.133. The highest BCUT2D eigenvalue weighted by Gasteiger charge is 2.51. The molecule has 266 valence electrons. The minimum absolute atomic E-state index is 0.0116. The van der Waals surface area contributed by atoms with E-state index in [0.717, 1.165) is 42.4 Å². The number of nitrogens with zero attached hydrogens (tertiary/aromatic N) is 6. The van der Waals surface area contributed by atoms with Gasteiger partial charge in [-0.15, -0.1) is 0 Å². The Bertz CT molecular complexity index is 2310. The topological polar surface area (TPSA) is 118 Å². The number of rotatable bonds is 9. The molecule has 3 aliphatic heterocycles. The van der Waals surface area contributed by atoms with Gasteiger partial charge in [-0.05, 0) is 62.3 Å². The van der Waals surface area contributed by atoms with Crippen molar-refractivity contribution in [2.24, 2.45) is 11.8 Å². The van der Waals surface area contributed by atoms with Crippen LogP contribution in [0.2, 0.25) is 10.0 Å². The number of halogens is 3. The molecule has 2 saturated carbocycles. The van der Waals surface area contributed by atoms with Gasteiger partial charge in [-0.2, -0.15) is 5.26 Å². The van der Waals surface area contributed by atoms with Crippen molar-refractivity contribution in [3.05, 3.63) is 75.5 Å². The van der Waals surface area contributed by atoms with E-state index < -0.39 is 5.82 Å². The highest BCUT2D eigenvalue weighted by Crippen LogP contribution is 2.51. The Kier molecular flexibility index (Phi) is 8.25. The van der Waals surface area contributed by atoms with Gasteiger partial charge in [0.2, 0.25) is 17.7 Å². The summed E-state index contributed by atoms with van der Waals surface area (Å²) in [6, 6.07) is 13.3. The molecule has 6 heterocycles. The second-order valence-corrected chi connectivity index (χ2v) is 15.2. The average molecular weight is 741 g/mol. The molecule has 2 aromatic carbocycles. The number of ether oxygens (including phenoxy) is 2. The number of aromatic nitrogens is 4. The molecule has 5 aromatic rings. The zero-order valence-corrected chi connectivity index (χ0v) is 30.2. The summed E-state index contributed by atoms with van der Waals surface area (Å²) in [5.74, 6) is 0.831. The maximum atomic E-state index is 17.2. The van der Waals surface area contributed by atoms with Crippen LogP contribution in [0.5, 0.6) is 11.8 Å². The molecule has 3 aromatic heterocycles. The van der Waals surface area contributed by atoms with Crippen molar-refractivity contribution in [2.75, 3.05) is 20.2 Å². The molecule has 0 spiro atoms. The number of benzene rings is 2. The number of nitriles is 1. The smallest absolute Gasteiger partial charge is 0.226 e. The Morgan fingerprint density at radius 1 is 1.13 bits per heavy atom. The van der Waals surface area contributed by atoms with Crippen molar-refractivity contribution < 1.29 is 18.7 Å². The lowest BCUT2D eigenvalue weighted by Gasteiger charge is -2.39. The molecule has 0 radical (unpaired) electrons. The second kappa shape index (κ2) is 12.9. The number of aryl methyl sites for hydroxylation is 2. The number of hydrogen-bond acceptors (Lipinski definition) is 8. The fraction of sp³-hybridized carbons (Fsp3) is 0.410. The zero-order chi connectivity index (χ0) is 35.8. The normalized spacial score (nSPS) is 23.6. The third kappa shape index (κ3) is 5.37. The van der Waals surface area contributed by atoms with Gasteiger partial charge in [-0.3, -0.25) is 4.79 Å². The van der Waals surface area contributed by atoms with E-state index in [1.54, 1.807) is 31.4 Å². The minimum atomic E-state index is -0.497. The molecule has 2 bridgehead atoms. The molecule has 3 saturated heterocycles. The van der Waals surface area contributed by atoms with Crippen molar-refractivity contribution in [3.63, 3.8) is 0 Å². The molecule has 52 heavy (non-hydrogen) atoms. The largest absolute Gasteiger partial charge is 0.481 e. The first-order chi connectivity index (χ1) is 25.2. The summed E-state index contributed by atoms with van der Waals surface area (Å²) < 4.78 is 31.3. The minimum Gasteiger partial charge on any atom is -0.481 e. The van der Waals surface area contributed by atoms with E-state index >= 15 is 4.39 Å². The van der Waals surface area contributed by atoms with E-state index in [9.17, 15) is 10.1 Å². The van der Waals surface area contributed by atoms with E-state index in [0.29, 0.717) is 69.9 Å². The summed E-state index contributed by atoms with van der Waals surface area (Å²) >= 11 is 13.1. The van der Waals surface area contributed by atoms with Crippen molar-refractivity contribution in [2.45, 2.75) is 69.7 Å². The molecule has 0 unspecified atom stereocenters. The maximum Gasteiger partial charge on any atom is 0.226 e. The van der Waals surface area contributed by atoms with Crippen molar-refractivity contribution in [1.82, 2.24) is 29.7 Å². The molecule has 13 heteroatoms. The van der Waals surface area contributed by atoms with Crippen LogP contribution in [-0.4, -0.2) is 62.7 Å². The van der Waals surface area contributed by atoms with Gasteiger partial charge in [0, 0.05) is 64.6 Å². The molecule has 10 nitrogen and oxygen atoms in total. The lowest BCUT2D eigenvalue weighted by atomic mass is 9.79. The predicted octanol–water partition coefficient (Wildman–Crippen LogP) is 7.53. The predicted molar refractivity (Wildman–Crippen MR) is 195 cm³/mol. The summed E-state index contributed by atoms with van der Waals surface area (Å²) in [6.45, 7) is 3.22. The summed E-state index contributed by atoms with van der Waals surface area (Å²) in [5.41, 5.74) is 4.25. The second-order valence-electron chi connectivity index (χ2n) is 14.4. The van der Waals surface area contributed by atoms with Gasteiger partial charge in [-0.25, -0.2) is 19.3 Å². The molecule has 1 N–H and O–H groups in total. The fourth-order valence-corrected chi connectivity index (χ4v) is 9.13. The van der Waals surface area contributed by atoms with Gasteiger partial charge in [0.15, 0.2) is 5.82 Å². The van der Waals surface area contributed by atoms with Crippen LogP contribution in [0.1, 0.15) is 61.1 Å². The summed E-state index contributed by atoms with van der Waals surface area (Å²) in [4.78, 5) is 29.3. The first kappa shape index (κ1) is 33.3. The van der Waals surface area contributed by atoms with Crippen LogP contribution in [0, 0.1) is 35.9 Å². The van der Waals surface area contributed by atoms with E-state index in [4.69, 9.17) is 37.7 Å². The van der Waals surface area contributed by atoms with Crippen molar-refractivity contribution in [3.8, 4) is 29.0 Å².